The number of carbonyl (C=O) groups is 2. The van der Waals surface area contributed by atoms with Crippen LogP contribution < -0.4 is 24.8 Å². The Morgan fingerprint density at radius 1 is 0.914 bits per heavy atom. The Morgan fingerprint density at radius 2 is 1.71 bits per heavy atom. The molecule has 4 aromatic rings. The number of ether oxygens (including phenoxy) is 3. The van der Waals surface area contributed by atoms with Gasteiger partial charge in [0.05, 0.1) is 29.6 Å². The van der Waals surface area contributed by atoms with Gasteiger partial charge in [-0.1, -0.05) is 18.2 Å². The smallest absolute Gasteiger partial charge is 0.256 e. The van der Waals surface area contributed by atoms with Crippen molar-refractivity contribution in [2.45, 2.75) is 6.92 Å². The monoisotopic (exact) mass is 469 g/mol. The highest BCUT2D eigenvalue weighted by Gasteiger charge is 2.18. The van der Waals surface area contributed by atoms with Gasteiger partial charge in [0.2, 0.25) is 5.91 Å². The number of nitrogens with zero attached hydrogens (tertiary/aromatic N) is 1. The van der Waals surface area contributed by atoms with Gasteiger partial charge in [0.25, 0.3) is 5.91 Å². The van der Waals surface area contributed by atoms with Gasteiger partial charge in [-0.25, -0.2) is 4.98 Å². The molecule has 0 fully saturated rings. The third-order valence-corrected chi connectivity index (χ3v) is 5.57. The Labute approximate surface area is 201 Å². The van der Waals surface area contributed by atoms with Gasteiger partial charge < -0.3 is 24.8 Å². The van der Waals surface area contributed by atoms with Crippen LogP contribution in [0.4, 0.5) is 11.4 Å². The van der Waals surface area contributed by atoms with Crippen molar-refractivity contribution in [3.05, 3.63) is 72.3 Å². The van der Waals surface area contributed by atoms with Crippen LogP contribution in [-0.4, -0.2) is 37.1 Å². The molecule has 3 aromatic carbocycles. The van der Waals surface area contributed by atoms with Crippen LogP contribution in [0, 0.1) is 0 Å². The highest BCUT2D eigenvalue weighted by molar-refractivity contribution is 6.13. The Hall–Kier alpha value is -4.59. The Bertz CT molecular complexity index is 1450. The first-order valence-corrected chi connectivity index (χ1v) is 11.1. The second kappa shape index (κ2) is 9.34. The number of carbonyl (C=O) groups excluding carboxylic acids is 2. The Balaban J connectivity index is 1.53. The summed E-state index contributed by atoms with van der Waals surface area (Å²) in [6.07, 6.45) is 0. The summed E-state index contributed by atoms with van der Waals surface area (Å²) in [6, 6.07) is 19.9. The lowest BCUT2D eigenvalue weighted by molar-refractivity contribution is -0.114. The minimum Gasteiger partial charge on any atom is -0.495 e. The van der Waals surface area contributed by atoms with E-state index in [1.807, 2.05) is 42.5 Å². The molecule has 0 spiro atoms. The molecule has 2 heterocycles. The number of para-hydroxylation sites is 1. The van der Waals surface area contributed by atoms with Crippen molar-refractivity contribution in [1.29, 1.82) is 0 Å². The first kappa shape index (κ1) is 22.2. The first-order valence-electron chi connectivity index (χ1n) is 11.1. The highest BCUT2D eigenvalue weighted by Crippen LogP contribution is 2.35. The molecular formula is C27H23N3O5. The van der Waals surface area contributed by atoms with Crippen LogP contribution in [0.2, 0.25) is 0 Å². The molecule has 0 atom stereocenters. The molecule has 35 heavy (non-hydrogen) atoms. The van der Waals surface area contributed by atoms with E-state index in [9.17, 15) is 9.59 Å². The number of pyridine rings is 1. The number of benzene rings is 3. The fraction of sp³-hybridized carbons (Fsp3) is 0.148. The normalized spacial score (nSPS) is 12.2. The van der Waals surface area contributed by atoms with E-state index in [2.05, 4.69) is 10.6 Å². The van der Waals surface area contributed by atoms with E-state index in [1.54, 1.807) is 24.3 Å². The van der Waals surface area contributed by atoms with Gasteiger partial charge in [0.1, 0.15) is 19.0 Å². The standard InChI is InChI=1S/C27H23N3O5/c1-16(31)28-23-14-18(8-10-24(23)33-2)29-27(32)20-15-22(30-21-6-4-3-5-19(20)21)17-7-9-25-26(13-17)35-12-11-34-25/h3-10,13-15H,11-12H2,1-2H3,(H,28,31)(H,29,32). The van der Waals surface area contributed by atoms with Crippen molar-refractivity contribution in [2.24, 2.45) is 0 Å². The Kier molecular flexibility index (Phi) is 5.93. The Morgan fingerprint density at radius 3 is 2.51 bits per heavy atom. The summed E-state index contributed by atoms with van der Waals surface area (Å²) in [6.45, 7) is 2.41. The largest absolute Gasteiger partial charge is 0.495 e. The summed E-state index contributed by atoms with van der Waals surface area (Å²) in [5.74, 6) is 1.29. The summed E-state index contributed by atoms with van der Waals surface area (Å²) >= 11 is 0. The fourth-order valence-corrected chi connectivity index (χ4v) is 3.99. The van der Waals surface area contributed by atoms with E-state index in [0.29, 0.717) is 58.6 Å². The van der Waals surface area contributed by atoms with Crippen LogP contribution in [0.15, 0.2) is 66.7 Å². The number of nitrogens with one attached hydrogen (secondary N) is 2. The van der Waals surface area contributed by atoms with E-state index < -0.39 is 0 Å². The molecule has 0 unspecified atom stereocenters. The van der Waals surface area contributed by atoms with Gasteiger partial charge in [-0.2, -0.15) is 0 Å². The van der Waals surface area contributed by atoms with Gasteiger partial charge in [0.15, 0.2) is 11.5 Å². The zero-order chi connectivity index (χ0) is 24.4. The molecule has 0 radical (unpaired) electrons. The lowest BCUT2D eigenvalue weighted by atomic mass is 10.0. The van der Waals surface area contributed by atoms with Gasteiger partial charge in [0, 0.05) is 23.6 Å². The van der Waals surface area contributed by atoms with E-state index in [1.165, 1.54) is 14.0 Å². The third-order valence-electron chi connectivity index (χ3n) is 5.57. The molecular weight excluding hydrogens is 446 g/mol. The lowest BCUT2D eigenvalue weighted by Crippen LogP contribution is -2.15. The molecule has 0 saturated heterocycles. The summed E-state index contributed by atoms with van der Waals surface area (Å²) in [7, 11) is 1.52. The quantitative estimate of drug-likeness (QED) is 0.432. The number of aromatic nitrogens is 1. The molecule has 0 bridgehead atoms. The minimum absolute atomic E-state index is 0.240. The molecule has 1 aromatic heterocycles. The average molecular weight is 469 g/mol. The summed E-state index contributed by atoms with van der Waals surface area (Å²) < 4.78 is 16.6. The van der Waals surface area contributed by atoms with E-state index in [-0.39, 0.29) is 11.8 Å². The molecule has 2 amide bonds. The van der Waals surface area contributed by atoms with Crippen LogP contribution in [0.25, 0.3) is 22.2 Å². The highest BCUT2D eigenvalue weighted by atomic mass is 16.6. The van der Waals surface area contributed by atoms with E-state index >= 15 is 0 Å². The number of amides is 2. The average Bonchev–Trinajstić information content (AvgIpc) is 2.87. The first-order chi connectivity index (χ1) is 17.0. The summed E-state index contributed by atoms with van der Waals surface area (Å²) in [5, 5.41) is 6.37. The third kappa shape index (κ3) is 4.59. The zero-order valence-electron chi connectivity index (χ0n) is 19.3. The van der Waals surface area contributed by atoms with Crippen molar-refractivity contribution in [2.75, 3.05) is 31.0 Å². The molecule has 0 saturated carbocycles. The maximum atomic E-state index is 13.4. The molecule has 8 nitrogen and oxygen atoms in total. The molecule has 0 aliphatic carbocycles. The van der Waals surface area contributed by atoms with E-state index in [0.717, 1.165) is 10.9 Å². The van der Waals surface area contributed by atoms with Crippen molar-refractivity contribution in [3.63, 3.8) is 0 Å². The van der Waals surface area contributed by atoms with E-state index in [4.69, 9.17) is 19.2 Å². The number of hydrogen-bond donors (Lipinski definition) is 2. The topological polar surface area (TPSA) is 98.8 Å². The number of fused-ring (bicyclic) bond motifs is 2. The molecule has 1 aliphatic heterocycles. The molecule has 8 heteroatoms. The number of anilines is 2. The second-order valence-corrected chi connectivity index (χ2v) is 7.98. The van der Waals surface area contributed by atoms with Crippen molar-refractivity contribution in [1.82, 2.24) is 4.98 Å². The summed E-state index contributed by atoms with van der Waals surface area (Å²) in [4.78, 5) is 29.8. The van der Waals surface area contributed by atoms with Gasteiger partial charge in [-0.3, -0.25) is 9.59 Å². The van der Waals surface area contributed by atoms with Crippen molar-refractivity contribution < 1.29 is 23.8 Å². The van der Waals surface area contributed by atoms with Gasteiger partial charge in [-0.15, -0.1) is 0 Å². The summed E-state index contributed by atoms with van der Waals surface area (Å²) in [5.41, 5.74) is 3.60. The fourth-order valence-electron chi connectivity index (χ4n) is 3.99. The van der Waals surface area contributed by atoms with Crippen LogP contribution in [-0.2, 0) is 4.79 Å². The lowest BCUT2D eigenvalue weighted by Gasteiger charge is -2.19. The van der Waals surface area contributed by atoms with Gasteiger partial charge >= 0.3 is 0 Å². The maximum Gasteiger partial charge on any atom is 0.256 e. The van der Waals surface area contributed by atoms with Crippen molar-refractivity contribution >= 4 is 34.1 Å². The molecule has 2 N–H and O–H groups in total. The zero-order valence-corrected chi connectivity index (χ0v) is 19.3. The molecule has 5 rings (SSSR count). The minimum atomic E-state index is -0.304. The number of rotatable bonds is 5. The molecule has 1 aliphatic rings. The van der Waals surface area contributed by atoms with Crippen LogP contribution in [0.3, 0.4) is 0 Å². The molecule has 176 valence electrons. The SMILES string of the molecule is COc1ccc(NC(=O)c2cc(-c3ccc4c(c3)OCCO4)nc3ccccc23)cc1NC(C)=O. The number of methoxy groups -OCH3 is 1. The van der Waals surface area contributed by atoms with Crippen LogP contribution in [0.5, 0.6) is 17.2 Å². The van der Waals surface area contributed by atoms with Gasteiger partial charge in [-0.05, 0) is 48.5 Å². The predicted octanol–water partition coefficient (Wildman–Crippen LogP) is 4.89. The van der Waals surface area contributed by atoms with Crippen LogP contribution >= 0.6 is 0 Å². The number of hydrogen-bond acceptors (Lipinski definition) is 6. The maximum absolute atomic E-state index is 13.4. The predicted molar refractivity (Wildman–Crippen MR) is 133 cm³/mol. The second-order valence-electron chi connectivity index (χ2n) is 7.98. The van der Waals surface area contributed by atoms with Crippen LogP contribution in [0.1, 0.15) is 17.3 Å². The van der Waals surface area contributed by atoms with Crippen molar-refractivity contribution in [3.8, 4) is 28.5 Å².